The minimum absolute atomic E-state index is 0.663. The molecule has 0 spiro atoms. The minimum atomic E-state index is 0.663. The van der Waals surface area contributed by atoms with Crippen LogP contribution in [-0.4, -0.2) is 15.0 Å². The summed E-state index contributed by atoms with van der Waals surface area (Å²) in [7, 11) is 0. The summed E-state index contributed by atoms with van der Waals surface area (Å²) in [5.74, 6) is 2.00. The van der Waals surface area contributed by atoms with Gasteiger partial charge >= 0.3 is 0 Å². The molecule has 4 heterocycles. The van der Waals surface area contributed by atoms with Gasteiger partial charge in [0.2, 0.25) is 0 Å². The number of nitrogens with zero attached hydrogens (tertiary/aromatic N) is 3. The highest BCUT2D eigenvalue weighted by Gasteiger charge is 2.21. The van der Waals surface area contributed by atoms with E-state index in [4.69, 9.17) is 15.0 Å². The van der Waals surface area contributed by atoms with Crippen LogP contribution in [0.1, 0.15) is 0 Å². The van der Waals surface area contributed by atoms with E-state index in [2.05, 4.69) is 140 Å². The Kier molecular flexibility index (Phi) is 7.45. The first-order chi connectivity index (χ1) is 28.2. The second-order valence-electron chi connectivity index (χ2n) is 14.3. The van der Waals surface area contributed by atoms with Crippen molar-refractivity contribution in [3.8, 4) is 56.4 Å². The van der Waals surface area contributed by atoms with Crippen LogP contribution in [0.5, 0.6) is 0 Å². The summed E-state index contributed by atoms with van der Waals surface area (Å²) in [6, 6.07) is 63.0. The highest BCUT2D eigenvalue weighted by molar-refractivity contribution is 7.27. The maximum atomic E-state index is 5.13. The van der Waals surface area contributed by atoms with Crippen LogP contribution in [0.3, 0.4) is 0 Å². The van der Waals surface area contributed by atoms with E-state index in [0.29, 0.717) is 17.5 Å². The first-order valence-electron chi connectivity index (χ1n) is 18.9. The number of hydrogen-bond donors (Lipinski definition) is 0. The summed E-state index contributed by atoms with van der Waals surface area (Å²) in [6.45, 7) is 0. The Morgan fingerprint density at radius 3 is 1.42 bits per heavy atom. The van der Waals surface area contributed by atoms with Crippen molar-refractivity contribution in [2.45, 2.75) is 0 Å². The summed E-state index contributed by atoms with van der Waals surface area (Å²) in [5.41, 5.74) is 7.94. The maximum Gasteiger partial charge on any atom is 0.165 e. The average molecular weight is 780 g/mol. The summed E-state index contributed by atoms with van der Waals surface area (Å²) >= 11 is 5.59. The Labute approximate surface area is 339 Å². The zero-order valence-electron chi connectivity index (χ0n) is 30.3. The van der Waals surface area contributed by atoms with Crippen LogP contribution in [0.15, 0.2) is 176 Å². The predicted octanol–water partition coefficient (Wildman–Crippen LogP) is 15.3. The molecule has 0 aliphatic carbocycles. The van der Waals surface area contributed by atoms with Crippen molar-refractivity contribution in [3.05, 3.63) is 176 Å². The highest BCUT2D eigenvalue weighted by atomic mass is 32.1. The topological polar surface area (TPSA) is 38.7 Å². The fourth-order valence-electron chi connectivity index (χ4n) is 8.37. The fraction of sp³-hybridized carbons (Fsp3) is 0. The zero-order chi connectivity index (χ0) is 37.5. The van der Waals surface area contributed by atoms with Gasteiger partial charge in [0, 0.05) is 77.2 Å². The van der Waals surface area contributed by atoms with Crippen molar-refractivity contribution < 1.29 is 0 Å². The number of thiophene rings is 3. The van der Waals surface area contributed by atoms with Crippen molar-refractivity contribution in [2.75, 3.05) is 0 Å². The van der Waals surface area contributed by atoms with Gasteiger partial charge < -0.3 is 0 Å². The first-order valence-corrected chi connectivity index (χ1v) is 21.4. The van der Waals surface area contributed by atoms with Crippen molar-refractivity contribution in [1.29, 1.82) is 0 Å². The van der Waals surface area contributed by atoms with E-state index in [9.17, 15) is 0 Å². The Morgan fingerprint density at radius 2 is 0.754 bits per heavy atom. The Morgan fingerprint density at radius 1 is 0.281 bits per heavy atom. The van der Waals surface area contributed by atoms with E-state index in [-0.39, 0.29) is 0 Å². The van der Waals surface area contributed by atoms with Gasteiger partial charge in [-0.3, -0.25) is 0 Å². The molecule has 3 nitrogen and oxygen atoms in total. The Balaban J connectivity index is 1.10. The zero-order valence-corrected chi connectivity index (χ0v) is 32.8. The summed E-state index contributed by atoms with van der Waals surface area (Å²) in [4.78, 5) is 15.2. The molecule has 0 aliphatic rings. The lowest BCUT2D eigenvalue weighted by atomic mass is 9.92. The summed E-state index contributed by atoms with van der Waals surface area (Å²) in [6.07, 6.45) is 0. The molecule has 12 aromatic rings. The van der Waals surface area contributed by atoms with Gasteiger partial charge in [-0.05, 0) is 58.7 Å². The van der Waals surface area contributed by atoms with E-state index in [1.807, 2.05) is 70.4 Å². The van der Waals surface area contributed by atoms with Gasteiger partial charge in [0.15, 0.2) is 17.5 Å². The average Bonchev–Trinajstić information content (AvgIpc) is 3.98. The van der Waals surface area contributed by atoms with Gasteiger partial charge in [0.1, 0.15) is 0 Å². The lowest BCUT2D eigenvalue weighted by molar-refractivity contribution is 1.08. The quantitative estimate of drug-likeness (QED) is 0.175. The molecule has 0 aliphatic heterocycles. The maximum absolute atomic E-state index is 5.13. The third kappa shape index (κ3) is 5.26. The van der Waals surface area contributed by atoms with Crippen LogP contribution in [0.2, 0.25) is 0 Å². The molecule has 8 aromatic carbocycles. The van der Waals surface area contributed by atoms with Gasteiger partial charge in [-0.25, -0.2) is 15.0 Å². The molecule has 266 valence electrons. The normalized spacial score (nSPS) is 11.9. The number of rotatable bonds is 5. The molecule has 4 aromatic heterocycles. The molecule has 0 fully saturated rings. The molecular formula is C51H29N3S3. The van der Waals surface area contributed by atoms with Gasteiger partial charge in [0.25, 0.3) is 0 Å². The van der Waals surface area contributed by atoms with E-state index >= 15 is 0 Å². The number of fused-ring (bicyclic) bond motifs is 9. The lowest BCUT2D eigenvalue weighted by Gasteiger charge is -2.12. The molecule has 0 amide bonds. The van der Waals surface area contributed by atoms with Crippen molar-refractivity contribution >= 4 is 94.5 Å². The van der Waals surface area contributed by atoms with Crippen LogP contribution < -0.4 is 0 Å². The third-order valence-corrected chi connectivity index (χ3v) is 14.5. The van der Waals surface area contributed by atoms with Crippen LogP contribution in [0.4, 0.5) is 0 Å². The van der Waals surface area contributed by atoms with Crippen LogP contribution in [0.25, 0.3) is 117 Å². The second kappa shape index (κ2) is 13.0. The molecule has 12 rings (SSSR count). The van der Waals surface area contributed by atoms with Gasteiger partial charge in [-0.2, -0.15) is 0 Å². The molecule has 0 atom stereocenters. The molecule has 6 heteroatoms. The molecule has 0 bridgehead atoms. The third-order valence-electron chi connectivity index (χ3n) is 10.9. The SMILES string of the molecule is c1ccc(-c2nc(-c3ccccc3)nc(-c3cccc4c3sc3c(-c5cc(-c6cccc7sc8ccccc8c67)c6c(c5)sc5ccccc56)cccc34)n2)cc1. The van der Waals surface area contributed by atoms with Crippen molar-refractivity contribution in [3.63, 3.8) is 0 Å². The van der Waals surface area contributed by atoms with Gasteiger partial charge in [-0.1, -0.05) is 140 Å². The minimum Gasteiger partial charge on any atom is -0.208 e. The van der Waals surface area contributed by atoms with Crippen LogP contribution in [0, 0.1) is 0 Å². The van der Waals surface area contributed by atoms with Crippen LogP contribution >= 0.6 is 34.0 Å². The lowest BCUT2D eigenvalue weighted by Crippen LogP contribution is -2.00. The van der Waals surface area contributed by atoms with Gasteiger partial charge in [-0.15, -0.1) is 34.0 Å². The van der Waals surface area contributed by atoms with E-state index in [1.165, 1.54) is 82.8 Å². The van der Waals surface area contributed by atoms with E-state index < -0.39 is 0 Å². The molecule has 0 saturated carbocycles. The highest BCUT2D eigenvalue weighted by Crippen LogP contribution is 2.49. The number of aromatic nitrogens is 3. The van der Waals surface area contributed by atoms with E-state index in [1.54, 1.807) is 0 Å². The second-order valence-corrected chi connectivity index (χ2v) is 17.5. The monoisotopic (exact) mass is 779 g/mol. The molecule has 0 N–H and O–H groups in total. The van der Waals surface area contributed by atoms with E-state index in [0.717, 1.165) is 16.7 Å². The summed E-state index contributed by atoms with van der Waals surface area (Å²) < 4.78 is 7.66. The Hall–Kier alpha value is -6.57. The molecule has 0 unspecified atom stereocenters. The molecule has 57 heavy (non-hydrogen) atoms. The number of hydrogen-bond acceptors (Lipinski definition) is 6. The largest absolute Gasteiger partial charge is 0.208 e. The number of benzene rings is 8. The van der Waals surface area contributed by atoms with Crippen molar-refractivity contribution in [1.82, 2.24) is 15.0 Å². The fourth-order valence-corrected chi connectivity index (χ4v) is 12.0. The van der Waals surface area contributed by atoms with Gasteiger partial charge in [0.05, 0.1) is 0 Å². The van der Waals surface area contributed by atoms with Crippen molar-refractivity contribution in [2.24, 2.45) is 0 Å². The molecule has 0 radical (unpaired) electrons. The molecular weight excluding hydrogens is 751 g/mol. The summed E-state index contributed by atoms with van der Waals surface area (Å²) in [5, 5.41) is 7.72. The van der Waals surface area contributed by atoms with Crippen LogP contribution in [-0.2, 0) is 0 Å². The standard InChI is InChI=1S/C51H29N3S3/c1-3-14-30(15-4-1)49-52-50(31-16-5-2-6-17-31)54-51(53-49)39-24-12-23-36-35-22-11-20-33(47(35)57-48(36)39)32-28-40(46-38-19-8-10-26-42(38)56-44(46)29-32)34-21-13-27-43-45(34)37-18-7-9-25-41(37)55-43/h1-29H. The first kappa shape index (κ1) is 32.7. The predicted molar refractivity (Wildman–Crippen MR) is 246 cm³/mol. The smallest absolute Gasteiger partial charge is 0.165 e. The molecule has 0 saturated heterocycles. The Bertz CT molecular complexity index is 3470.